The lowest BCUT2D eigenvalue weighted by molar-refractivity contribution is -0.146. The molecule has 2 atom stereocenters. The van der Waals surface area contributed by atoms with E-state index in [0.29, 0.717) is 19.5 Å². The summed E-state index contributed by atoms with van der Waals surface area (Å²) in [7, 11) is 3.93. The molecule has 1 fully saturated rings. The second-order valence-electron chi connectivity index (χ2n) is 7.93. The molecular weight excluding hydrogens is 440 g/mol. The first-order valence-corrected chi connectivity index (χ1v) is 13.7. The fourth-order valence-corrected chi connectivity index (χ4v) is 6.75. The first kappa shape index (κ1) is 24.6. The monoisotopic (exact) mass is 472 g/mol. The van der Waals surface area contributed by atoms with Crippen LogP contribution in [0.1, 0.15) is 56.1 Å². The Labute approximate surface area is 199 Å². The highest BCUT2D eigenvalue weighted by Crippen LogP contribution is 2.39. The van der Waals surface area contributed by atoms with Crippen LogP contribution in [0.15, 0.2) is 54.9 Å². The van der Waals surface area contributed by atoms with Crippen molar-refractivity contribution in [3.63, 3.8) is 0 Å². The molecule has 32 heavy (non-hydrogen) atoms. The number of likely N-dealkylation sites (N-methyl/N-ethyl adjacent to an activating group) is 1. The minimum absolute atomic E-state index is 0.0286. The van der Waals surface area contributed by atoms with E-state index in [4.69, 9.17) is 4.74 Å². The van der Waals surface area contributed by atoms with E-state index in [9.17, 15) is 9.59 Å². The maximum absolute atomic E-state index is 13.4. The fourth-order valence-electron chi connectivity index (χ4n) is 3.72. The lowest BCUT2D eigenvalue weighted by atomic mass is 9.98. The zero-order valence-electron chi connectivity index (χ0n) is 18.7. The van der Waals surface area contributed by atoms with Crippen molar-refractivity contribution < 1.29 is 14.3 Å². The molecule has 1 amide bonds. The van der Waals surface area contributed by atoms with E-state index in [0.717, 1.165) is 35.6 Å². The van der Waals surface area contributed by atoms with Gasteiger partial charge in [0, 0.05) is 42.9 Å². The molecule has 0 bridgehead atoms. The second-order valence-corrected chi connectivity index (χ2v) is 10.7. The Morgan fingerprint density at radius 1 is 1.16 bits per heavy atom. The lowest BCUT2D eigenvalue weighted by Crippen LogP contribution is -2.36. The van der Waals surface area contributed by atoms with Gasteiger partial charge in [-0.05, 0) is 49.4 Å². The maximum Gasteiger partial charge on any atom is 0.305 e. The molecule has 0 N–H and O–H groups in total. The lowest BCUT2D eigenvalue weighted by Gasteiger charge is -2.26. The summed E-state index contributed by atoms with van der Waals surface area (Å²) in [6, 6.07) is 13.4. The highest BCUT2D eigenvalue weighted by atomic mass is 33.1. The summed E-state index contributed by atoms with van der Waals surface area (Å²) in [4.78, 5) is 31.6. The van der Waals surface area contributed by atoms with Crippen molar-refractivity contribution >= 4 is 33.5 Å². The summed E-state index contributed by atoms with van der Waals surface area (Å²) in [5.41, 5.74) is 1.90. The smallest absolute Gasteiger partial charge is 0.305 e. The van der Waals surface area contributed by atoms with Gasteiger partial charge in [0.05, 0.1) is 5.92 Å². The summed E-state index contributed by atoms with van der Waals surface area (Å²) in [6.07, 6.45) is 8.19. The molecule has 2 heterocycles. The zero-order chi connectivity index (χ0) is 22.6. The Hall–Kier alpha value is -1.99. The van der Waals surface area contributed by atoms with Crippen molar-refractivity contribution in [1.82, 2.24) is 9.88 Å². The standard InChI is InChI=1S/C25H32N2O3S2/c1-2-27(18-20-12-15-26-16-13-20)25(29)23(21-8-4-3-5-9-21)19-30-24(28)11-7-6-10-22-14-17-31-32-22/h3-5,8-9,12-13,15-16,22-23H,2,6-7,10-11,14,17-19H2,1H3/t22-,23+/m1/s1. The van der Waals surface area contributed by atoms with Gasteiger partial charge in [0.25, 0.3) is 0 Å². The summed E-state index contributed by atoms with van der Waals surface area (Å²) in [5, 5.41) is 0.733. The summed E-state index contributed by atoms with van der Waals surface area (Å²) >= 11 is 0. The fraction of sp³-hybridized carbons (Fsp3) is 0.480. The first-order chi connectivity index (χ1) is 15.7. The van der Waals surface area contributed by atoms with Crippen LogP contribution in [0.25, 0.3) is 0 Å². The van der Waals surface area contributed by atoms with Gasteiger partial charge >= 0.3 is 5.97 Å². The number of pyridine rings is 1. The van der Waals surface area contributed by atoms with Gasteiger partial charge in [-0.1, -0.05) is 58.3 Å². The number of aromatic nitrogens is 1. The van der Waals surface area contributed by atoms with Crippen molar-refractivity contribution in [1.29, 1.82) is 0 Å². The minimum Gasteiger partial charge on any atom is -0.464 e. The van der Waals surface area contributed by atoms with E-state index in [2.05, 4.69) is 4.98 Å². The van der Waals surface area contributed by atoms with Crippen molar-refractivity contribution in [3.05, 3.63) is 66.0 Å². The van der Waals surface area contributed by atoms with Crippen LogP contribution in [0, 0.1) is 0 Å². The van der Waals surface area contributed by atoms with Gasteiger partial charge < -0.3 is 9.64 Å². The van der Waals surface area contributed by atoms with Crippen molar-refractivity contribution in [3.8, 4) is 0 Å². The van der Waals surface area contributed by atoms with E-state index in [1.165, 1.54) is 12.2 Å². The largest absolute Gasteiger partial charge is 0.464 e. The van der Waals surface area contributed by atoms with Gasteiger partial charge in [-0.2, -0.15) is 0 Å². The second kappa shape index (κ2) is 13.5. The van der Waals surface area contributed by atoms with Crippen molar-refractivity contribution in [2.45, 2.75) is 56.7 Å². The molecule has 7 heteroatoms. The van der Waals surface area contributed by atoms with E-state index in [-0.39, 0.29) is 18.5 Å². The van der Waals surface area contributed by atoms with Crippen LogP contribution >= 0.6 is 21.6 Å². The van der Waals surface area contributed by atoms with Crippen LogP contribution in [0.4, 0.5) is 0 Å². The number of unbranched alkanes of at least 4 members (excludes halogenated alkanes) is 1. The molecule has 172 valence electrons. The highest BCUT2D eigenvalue weighted by molar-refractivity contribution is 8.77. The average molecular weight is 473 g/mol. The maximum atomic E-state index is 13.4. The first-order valence-electron chi connectivity index (χ1n) is 11.3. The molecule has 5 nitrogen and oxygen atoms in total. The van der Waals surface area contributed by atoms with Gasteiger partial charge in [0.1, 0.15) is 6.61 Å². The molecule has 0 spiro atoms. The quantitative estimate of drug-likeness (QED) is 0.232. The molecule has 0 aliphatic carbocycles. The number of carbonyl (C=O) groups excluding carboxylic acids is 2. The molecule has 3 rings (SSSR count). The Bertz CT molecular complexity index is 830. The molecular formula is C25H32N2O3S2. The van der Waals surface area contributed by atoms with Crippen LogP contribution < -0.4 is 0 Å². The van der Waals surface area contributed by atoms with Crippen LogP contribution in [-0.2, 0) is 20.9 Å². The van der Waals surface area contributed by atoms with Crippen LogP contribution in [-0.4, -0.2) is 45.9 Å². The third-order valence-electron chi connectivity index (χ3n) is 5.61. The van der Waals surface area contributed by atoms with E-state index in [1.54, 1.807) is 17.3 Å². The van der Waals surface area contributed by atoms with Gasteiger partial charge in [0.2, 0.25) is 5.91 Å². The number of ether oxygens (including phenoxy) is 1. The average Bonchev–Trinajstić information content (AvgIpc) is 3.35. The number of hydrogen-bond donors (Lipinski definition) is 0. The Balaban J connectivity index is 1.55. The normalized spacial score (nSPS) is 16.5. The van der Waals surface area contributed by atoms with Crippen molar-refractivity contribution in [2.75, 3.05) is 18.9 Å². The van der Waals surface area contributed by atoms with E-state index in [1.807, 2.05) is 71.0 Å². The number of nitrogens with zero attached hydrogens (tertiary/aromatic N) is 2. The van der Waals surface area contributed by atoms with Crippen LogP contribution in [0.5, 0.6) is 0 Å². The molecule has 1 aliphatic rings. The van der Waals surface area contributed by atoms with Crippen LogP contribution in [0.3, 0.4) is 0 Å². The number of carbonyl (C=O) groups is 2. The van der Waals surface area contributed by atoms with Crippen molar-refractivity contribution in [2.24, 2.45) is 0 Å². The number of rotatable bonds is 12. The topological polar surface area (TPSA) is 59.5 Å². The number of hydrogen-bond acceptors (Lipinski definition) is 6. The Morgan fingerprint density at radius 3 is 2.62 bits per heavy atom. The molecule has 0 radical (unpaired) electrons. The number of amides is 1. The zero-order valence-corrected chi connectivity index (χ0v) is 20.3. The molecule has 1 aliphatic heterocycles. The van der Waals surface area contributed by atoms with E-state index >= 15 is 0 Å². The third-order valence-corrected chi connectivity index (χ3v) is 8.62. The third kappa shape index (κ3) is 7.85. The van der Waals surface area contributed by atoms with Crippen LogP contribution in [0.2, 0.25) is 0 Å². The Morgan fingerprint density at radius 2 is 1.94 bits per heavy atom. The molecule has 2 aromatic rings. The highest BCUT2D eigenvalue weighted by Gasteiger charge is 2.27. The SMILES string of the molecule is CCN(Cc1ccncc1)C(=O)[C@@H](COC(=O)CCCC[C@@H]1CCSS1)c1ccccc1. The number of esters is 1. The molecule has 1 aromatic carbocycles. The van der Waals surface area contributed by atoms with E-state index < -0.39 is 5.92 Å². The molecule has 0 saturated carbocycles. The number of benzene rings is 1. The minimum atomic E-state index is -0.506. The molecule has 1 saturated heterocycles. The predicted octanol–water partition coefficient (Wildman–Crippen LogP) is 5.47. The van der Waals surface area contributed by atoms with Gasteiger partial charge in [-0.25, -0.2) is 0 Å². The molecule has 1 aromatic heterocycles. The Kier molecular flexibility index (Phi) is 10.4. The predicted molar refractivity (Wildman–Crippen MR) is 132 cm³/mol. The molecule has 0 unspecified atom stereocenters. The van der Waals surface area contributed by atoms with Gasteiger partial charge in [0.15, 0.2) is 0 Å². The van der Waals surface area contributed by atoms with Gasteiger partial charge in [-0.15, -0.1) is 0 Å². The van der Waals surface area contributed by atoms with Gasteiger partial charge in [-0.3, -0.25) is 14.6 Å². The summed E-state index contributed by atoms with van der Waals surface area (Å²) < 4.78 is 5.59. The summed E-state index contributed by atoms with van der Waals surface area (Å²) in [5.74, 6) is 0.486. The summed E-state index contributed by atoms with van der Waals surface area (Å²) in [6.45, 7) is 3.13.